The molecule has 11 heteroatoms. The maximum Gasteiger partial charge on any atom is 0.408 e. The standard InChI is InChI=1S/C44H40N4O7/c49-26-29-14-16-32(17-15-29)40-22-35(25-47-28-45-37-12-6-7-13-39(37)47)54-43(55-40)33-20-18-31(19-21-33)36-11-5-4-10-34(36)24-48-41(50)23-38(42(48)51)46-44(52)53-27-30-8-2-1-3-9-30/h1-21,28,35,38,40,43,49H,22-27H2,(H,46,52). The predicted octanol–water partition coefficient (Wildman–Crippen LogP) is 7.00. The molecule has 2 N–H and O–H groups in total. The number of aromatic nitrogens is 2. The number of aliphatic hydroxyl groups excluding tert-OH is 1. The van der Waals surface area contributed by atoms with Crippen LogP contribution in [0, 0.1) is 0 Å². The monoisotopic (exact) mass is 736 g/mol. The Labute approximate surface area is 318 Å². The number of nitrogens with zero attached hydrogens (tertiary/aromatic N) is 3. The fourth-order valence-electron chi connectivity index (χ4n) is 7.21. The maximum atomic E-state index is 13.3. The van der Waals surface area contributed by atoms with Gasteiger partial charge in [0, 0.05) is 12.0 Å². The van der Waals surface area contributed by atoms with Crippen LogP contribution in [-0.2, 0) is 50.1 Å². The van der Waals surface area contributed by atoms with E-state index in [9.17, 15) is 19.5 Å². The second-order valence-corrected chi connectivity index (χ2v) is 13.8. The molecule has 11 nitrogen and oxygen atoms in total. The van der Waals surface area contributed by atoms with Crippen molar-refractivity contribution in [3.63, 3.8) is 0 Å². The zero-order valence-corrected chi connectivity index (χ0v) is 30.0. The summed E-state index contributed by atoms with van der Waals surface area (Å²) in [4.78, 5) is 44.6. The molecule has 6 aromatic rings. The second kappa shape index (κ2) is 16.1. The first-order valence-corrected chi connectivity index (χ1v) is 18.3. The van der Waals surface area contributed by atoms with Gasteiger partial charge >= 0.3 is 6.09 Å². The smallest absolute Gasteiger partial charge is 0.408 e. The van der Waals surface area contributed by atoms with Crippen molar-refractivity contribution < 1.29 is 33.7 Å². The summed E-state index contributed by atoms with van der Waals surface area (Å²) in [5.41, 5.74) is 8.00. The average Bonchev–Trinajstić information content (AvgIpc) is 3.75. The minimum atomic E-state index is -0.995. The van der Waals surface area contributed by atoms with Gasteiger partial charge in [-0.25, -0.2) is 9.78 Å². The number of hydrogen-bond acceptors (Lipinski definition) is 8. The topological polar surface area (TPSA) is 132 Å². The molecule has 0 aliphatic carbocycles. The van der Waals surface area contributed by atoms with Crippen LogP contribution in [0.4, 0.5) is 4.79 Å². The molecule has 0 bridgehead atoms. The van der Waals surface area contributed by atoms with E-state index in [1.165, 1.54) is 4.90 Å². The van der Waals surface area contributed by atoms with Crippen LogP contribution in [0.3, 0.4) is 0 Å². The van der Waals surface area contributed by atoms with E-state index < -0.39 is 24.3 Å². The fraction of sp³-hybridized carbons (Fsp3) is 0.227. The van der Waals surface area contributed by atoms with Crippen LogP contribution in [0.1, 0.15) is 53.1 Å². The number of para-hydroxylation sites is 2. The summed E-state index contributed by atoms with van der Waals surface area (Å²) >= 11 is 0. The number of carbonyl (C=O) groups excluding carboxylic acids is 3. The highest BCUT2D eigenvalue weighted by Gasteiger charge is 2.40. The van der Waals surface area contributed by atoms with Crippen LogP contribution >= 0.6 is 0 Å². The molecule has 4 atom stereocenters. The van der Waals surface area contributed by atoms with Gasteiger partial charge in [-0.15, -0.1) is 0 Å². The van der Waals surface area contributed by atoms with Gasteiger partial charge < -0.3 is 29.2 Å². The molecule has 0 saturated carbocycles. The molecular formula is C44H40N4O7. The lowest BCUT2D eigenvalue weighted by molar-refractivity contribution is -0.252. The number of likely N-dealkylation sites (tertiary alicyclic amines) is 1. The van der Waals surface area contributed by atoms with Gasteiger partial charge in [0.2, 0.25) is 5.91 Å². The largest absolute Gasteiger partial charge is 0.445 e. The summed E-state index contributed by atoms with van der Waals surface area (Å²) < 4.78 is 20.6. The Bertz CT molecular complexity index is 2290. The van der Waals surface area contributed by atoms with Crippen LogP contribution in [0.2, 0.25) is 0 Å². The molecule has 8 rings (SSSR count). The third-order valence-electron chi connectivity index (χ3n) is 10.1. The van der Waals surface area contributed by atoms with Crippen LogP contribution in [0.25, 0.3) is 22.2 Å². The van der Waals surface area contributed by atoms with Gasteiger partial charge in [-0.05, 0) is 45.5 Å². The van der Waals surface area contributed by atoms with Crippen molar-refractivity contribution in [2.45, 2.75) is 63.7 Å². The molecule has 55 heavy (non-hydrogen) atoms. The summed E-state index contributed by atoms with van der Waals surface area (Å²) in [5.74, 6) is -0.842. The van der Waals surface area contributed by atoms with E-state index in [2.05, 4.69) is 20.9 Å². The summed E-state index contributed by atoms with van der Waals surface area (Å²) in [6.45, 7) is 0.677. The molecular weight excluding hydrogens is 697 g/mol. The van der Waals surface area contributed by atoms with E-state index in [0.717, 1.165) is 50.0 Å². The molecule has 278 valence electrons. The maximum absolute atomic E-state index is 13.3. The number of nitrogens with one attached hydrogen (secondary N) is 1. The first kappa shape index (κ1) is 35.9. The minimum absolute atomic E-state index is 0.0300. The lowest BCUT2D eigenvalue weighted by atomic mass is 9.97. The molecule has 1 aromatic heterocycles. The van der Waals surface area contributed by atoms with Gasteiger partial charge in [-0.2, -0.15) is 0 Å². The highest BCUT2D eigenvalue weighted by molar-refractivity contribution is 6.06. The van der Waals surface area contributed by atoms with Gasteiger partial charge in [-0.3, -0.25) is 14.5 Å². The molecule has 2 fully saturated rings. The van der Waals surface area contributed by atoms with Crippen molar-refractivity contribution in [2.75, 3.05) is 0 Å². The van der Waals surface area contributed by atoms with Crippen LogP contribution < -0.4 is 5.32 Å². The van der Waals surface area contributed by atoms with Crippen molar-refractivity contribution in [3.05, 3.63) is 162 Å². The highest BCUT2D eigenvalue weighted by Crippen LogP contribution is 2.39. The third kappa shape index (κ3) is 8.04. The van der Waals surface area contributed by atoms with Crippen LogP contribution in [0.15, 0.2) is 134 Å². The number of fused-ring (bicyclic) bond motifs is 1. The number of benzene rings is 5. The van der Waals surface area contributed by atoms with Crippen molar-refractivity contribution in [2.24, 2.45) is 0 Å². The molecule has 0 spiro atoms. The summed E-state index contributed by atoms with van der Waals surface area (Å²) in [7, 11) is 0. The van der Waals surface area contributed by atoms with Gasteiger partial charge in [-0.1, -0.05) is 115 Å². The van der Waals surface area contributed by atoms with Crippen molar-refractivity contribution in [1.82, 2.24) is 19.8 Å². The average molecular weight is 737 g/mol. The van der Waals surface area contributed by atoms with E-state index in [4.69, 9.17) is 14.2 Å². The number of aliphatic hydroxyl groups is 1. The Morgan fingerprint density at radius 2 is 1.55 bits per heavy atom. The normalized spacial score (nSPS) is 19.8. The van der Waals surface area contributed by atoms with Crippen molar-refractivity contribution >= 4 is 28.9 Å². The fourth-order valence-corrected chi connectivity index (χ4v) is 7.21. The first-order valence-electron chi connectivity index (χ1n) is 18.3. The Morgan fingerprint density at radius 1 is 0.818 bits per heavy atom. The van der Waals surface area contributed by atoms with E-state index in [-0.39, 0.29) is 44.3 Å². The minimum Gasteiger partial charge on any atom is -0.445 e. The van der Waals surface area contributed by atoms with E-state index in [0.29, 0.717) is 13.0 Å². The Morgan fingerprint density at radius 3 is 2.35 bits per heavy atom. The predicted molar refractivity (Wildman–Crippen MR) is 204 cm³/mol. The number of carbonyl (C=O) groups is 3. The van der Waals surface area contributed by atoms with E-state index >= 15 is 0 Å². The molecule has 5 aromatic carbocycles. The third-order valence-corrected chi connectivity index (χ3v) is 10.1. The van der Waals surface area contributed by atoms with E-state index in [1.807, 2.05) is 128 Å². The number of rotatable bonds is 11. The molecule has 2 aliphatic heterocycles. The highest BCUT2D eigenvalue weighted by atomic mass is 16.7. The number of alkyl carbamates (subject to hydrolysis) is 1. The quantitative estimate of drug-likeness (QED) is 0.136. The molecule has 2 aliphatic rings. The van der Waals surface area contributed by atoms with E-state index in [1.54, 1.807) is 0 Å². The first-order chi connectivity index (χ1) is 26.9. The number of ether oxygens (including phenoxy) is 3. The molecule has 2 saturated heterocycles. The summed E-state index contributed by atoms with van der Waals surface area (Å²) in [6.07, 6.45) is 0.510. The Balaban J connectivity index is 0.970. The lowest BCUT2D eigenvalue weighted by Gasteiger charge is -2.36. The van der Waals surface area contributed by atoms with Gasteiger partial charge in [0.1, 0.15) is 12.6 Å². The second-order valence-electron chi connectivity index (χ2n) is 13.8. The van der Waals surface area contributed by atoms with Crippen LogP contribution in [0.5, 0.6) is 0 Å². The van der Waals surface area contributed by atoms with Crippen molar-refractivity contribution in [3.8, 4) is 11.1 Å². The van der Waals surface area contributed by atoms with Gasteiger partial charge in [0.25, 0.3) is 5.91 Å². The van der Waals surface area contributed by atoms with Crippen molar-refractivity contribution in [1.29, 1.82) is 0 Å². The Hall–Kier alpha value is -6.14. The number of hydrogen-bond donors (Lipinski definition) is 2. The van der Waals surface area contributed by atoms with Gasteiger partial charge in [0.05, 0.1) is 55.7 Å². The number of amides is 3. The lowest BCUT2D eigenvalue weighted by Crippen LogP contribution is -2.41. The zero-order chi connectivity index (χ0) is 37.7. The SMILES string of the molecule is O=C(NC1CC(=O)N(Cc2ccccc2-c2ccc(C3OC(Cn4cnc5ccccc54)CC(c4ccc(CO)cc4)O3)cc2)C1=O)OCc1ccccc1. The molecule has 3 amide bonds. The summed E-state index contributed by atoms with van der Waals surface area (Å²) in [5, 5.41) is 12.2. The summed E-state index contributed by atoms with van der Waals surface area (Å²) in [6, 6.07) is 39.6. The zero-order valence-electron chi connectivity index (χ0n) is 30.0. The molecule has 3 heterocycles. The molecule has 4 unspecified atom stereocenters. The van der Waals surface area contributed by atoms with Gasteiger partial charge in [0.15, 0.2) is 6.29 Å². The Kier molecular flexibility index (Phi) is 10.5. The number of imide groups is 1. The molecule has 0 radical (unpaired) electrons. The van der Waals surface area contributed by atoms with Crippen LogP contribution in [-0.4, -0.2) is 49.6 Å². The number of imidazole rings is 1.